The summed E-state index contributed by atoms with van der Waals surface area (Å²) >= 11 is 0. The van der Waals surface area contributed by atoms with Crippen molar-refractivity contribution in [2.75, 3.05) is 0 Å². The van der Waals surface area contributed by atoms with Gasteiger partial charge in [0.15, 0.2) is 0 Å². The van der Waals surface area contributed by atoms with Gasteiger partial charge in [0.05, 0.1) is 0 Å². The van der Waals surface area contributed by atoms with E-state index < -0.39 is 6.09 Å². The highest BCUT2D eigenvalue weighted by atomic mass is 16.5. The van der Waals surface area contributed by atoms with E-state index in [1.54, 1.807) is 0 Å². The Morgan fingerprint density at radius 1 is 1.22 bits per heavy atom. The van der Waals surface area contributed by atoms with E-state index in [1.165, 1.54) is 18.4 Å². The zero-order chi connectivity index (χ0) is 12.5. The summed E-state index contributed by atoms with van der Waals surface area (Å²) in [5, 5.41) is 11.0. The Bertz CT molecular complexity index is 433. The van der Waals surface area contributed by atoms with Crippen molar-refractivity contribution in [1.29, 1.82) is 0 Å². The number of ether oxygens (including phenoxy) is 1. The van der Waals surface area contributed by atoms with E-state index in [-0.39, 0.29) is 12.1 Å². The molecule has 0 aliphatic heterocycles. The summed E-state index contributed by atoms with van der Waals surface area (Å²) < 4.78 is 5.78. The van der Waals surface area contributed by atoms with E-state index in [1.807, 2.05) is 12.1 Å². The maximum Gasteiger partial charge on any atom is 0.404 e. The third kappa shape index (κ3) is 2.58. The van der Waals surface area contributed by atoms with Gasteiger partial charge in [-0.25, -0.2) is 4.79 Å². The van der Waals surface area contributed by atoms with E-state index in [4.69, 9.17) is 9.84 Å². The van der Waals surface area contributed by atoms with Crippen molar-refractivity contribution >= 4 is 6.09 Å². The van der Waals surface area contributed by atoms with Gasteiger partial charge in [-0.15, -0.1) is 0 Å². The van der Waals surface area contributed by atoms with Crippen LogP contribution >= 0.6 is 0 Å². The molecule has 0 unspecified atom stereocenters. The molecule has 0 heterocycles. The van der Waals surface area contributed by atoms with Crippen molar-refractivity contribution < 1.29 is 14.6 Å². The van der Waals surface area contributed by atoms with Crippen LogP contribution in [0.1, 0.15) is 37.2 Å². The predicted octanol–water partition coefficient (Wildman–Crippen LogP) is 2.74. The predicted molar refractivity (Wildman–Crippen MR) is 67.0 cm³/mol. The second-order valence-electron chi connectivity index (χ2n) is 5.20. The molecule has 0 atom stereocenters. The molecule has 4 nitrogen and oxygen atoms in total. The molecule has 2 saturated carbocycles. The van der Waals surface area contributed by atoms with Crippen molar-refractivity contribution in [3.8, 4) is 5.75 Å². The average Bonchev–Trinajstić information content (AvgIpc) is 3.10. The second-order valence-corrected chi connectivity index (χ2v) is 5.20. The monoisotopic (exact) mass is 247 g/mol. The van der Waals surface area contributed by atoms with Crippen molar-refractivity contribution in [3.05, 3.63) is 29.8 Å². The number of hydrogen-bond donors (Lipinski definition) is 2. The lowest BCUT2D eigenvalue weighted by Crippen LogP contribution is -2.48. The molecule has 1 aromatic carbocycles. The van der Waals surface area contributed by atoms with Gasteiger partial charge in [0.25, 0.3) is 0 Å². The first-order chi connectivity index (χ1) is 8.70. The van der Waals surface area contributed by atoms with Crippen LogP contribution in [0.2, 0.25) is 0 Å². The lowest BCUT2D eigenvalue weighted by molar-refractivity contribution is 0.0834. The number of hydrogen-bond acceptors (Lipinski definition) is 2. The van der Waals surface area contributed by atoms with Gasteiger partial charge in [-0.3, -0.25) is 0 Å². The molecule has 2 N–H and O–H groups in total. The van der Waals surface area contributed by atoms with Crippen LogP contribution < -0.4 is 10.1 Å². The van der Waals surface area contributed by atoms with Crippen molar-refractivity contribution in [1.82, 2.24) is 5.32 Å². The van der Waals surface area contributed by atoms with E-state index in [2.05, 4.69) is 17.4 Å². The number of carbonyl (C=O) groups is 1. The summed E-state index contributed by atoms with van der Waals surface area (Å²) in [5.41, 5.74) is 1.40. The van der Waals surface area contributed by atoms with Crippen molar-refractivity contribution in [2.24, 2.45) is 0 Å². The van der Waals surface area contributed by atoms with E-state index in [9.17, 15) is 4.79 Å². The first-order valence-corrected chi connectivity index (χ1v) is 6.47. The molecule has 2 aliphatic carbocycles. The molecular weight excluding hydrogens is 230 g/mol. The Labute approximate surface area is 106 Å². The number of nitrogens with one attached hydrogen (secondary N) is 1. The minimum Gasteiger partial charge on any atom is -0.490 e. The van der Waals surface area contributed by atoms with E-state index in [0.717, 1.165) is 24.5 Å². The molecule has 2 aliphatic rings. The molecular formula is C14H17NO3. The fourth-order valence-electron chi connectivity index (χ4n) is 2.38. The quantitative estimate of drug-likeness (QED) is 0.860. The van der Waals surface area contributed by atoms with Crippen molar-refractivity contribution in [2.45, 2.75) is 43.7 Å². The summed E-state index contributed by atoms with van der Waals surface area (Å²) in [6.07, 6.45) is 3.34. The minimum absolute atomic E-state index is 0.0539. The van der Waals surface area contributed by atoms with Crippen molar-refractivity contribution in [3.63, 3.8) is 0 Å². The van der Waals surface area contributed by atoms with Crippen LogP contribution in [0.5, 0.6) is 5.75 Å². The van der Waals surface area contributed by atoms with Crippen LogP contribution in [-0.4, -0.2) is 23.3 Å². The normalized spacial score (nSPS) is 26.2. The third-order valence-corrected chi connectivity index (χ3v) is 3.65. The molecule has 2 fully saturated rings. The van der Waals surface area contributed by atoms with Crippen LogP contribution in [0.3, 0.4) is 0 Å². The Morgan fingerprint density at radius 3 is 2.44 bits per heavy atom. The van der Waals surface area contributed by atoms with Gasteiger partial charge in [0.2, 0.25) is 0 Å². The highest BCUT2D eigenvalue weighted by Gasteiger charge is 2.32. The molecule has 0 saturated heterocycles. The molecule has 0 spiro atoms. The third-order valence-electron chi connectivity index (χ3n) is 3.65. The van der Waals surface area contributed by atoms with E-state index in [0.29, 0.717) is 0 Å². The summed E-state index contributed by atoms with van der Waals surface area (Å²) in [5.74, 6) is 1.66. The minimum atomic E-state index is -0.952. The smallest absolute Gasteiger partial charge is 0.404 e. The standard InChI is InChI=1S/C14H17NO3/c16-14(17)15-11-7-13(8-11)18-12-5-3-10(4-6-12)9-1-2-9/h3-6,9,11,13,15H,1-2,7-8H2,(H,16,17)/t11-,13-. The van der Waals surface area contributed by atoms with Gasteiger partial charge in [-0.2, -0.15) is 0 Å². The molecule has 0 bridgehead atoms. The molecule has 3 rings (SSSR count). The van der Waals surface area contributed by atoms with Gasteiger partial charge in [0, 0.05) is 18.9 Å². The van der Waals surface area contributed by atoms with E-state index >= 15 is 0 Å². The van der Waals surface area contributed by atoms with Crippen LogP contribution in [0.25, 0.3) is 0 Å². The summed E-state index contributed by atoms with van der Waals surface area (Å²) in [7, 11) is 0. The second kappa shape index (κ2) is 4.52. The first kappa shape index (κ1) is 11.4. The topological polar surface area (TPSA) is 58.6 Å². The van der Waals surface area contributed by atoms with Gasteiger partial charge < -0.3 is 15.2 Å². The molecule has 96 valence electrons. The first-order valence-electron chi connectivity index (χ1n) is 6.47. The number of benzene rings is 1. The summed E-state index contributed by atoms with van der Waals surface area (Å²) in [6, 6.07) is 8.37. The summed E-state index contributed by atoms with van der Waals surface area (Å²) in [4.78, 5) is 10.4. The largest absolute Gasteiger partial charge is 0.490 e. The lowest BCUT2D eigenvalue weighted by atomic mass is 9.89. The zero-order valence-electron chi connectivity index (χ0n) is 10.1. The van der Waals surface area contributed by atoms with Gasteiger partial charge in [-0.1, -0.05) is 12.1 Å². The Morgan fingerprint density at radius 2 is 1.89 bits per heavy atom. The molecule has 1 amide bonds. The maximum atomic E-state index is 10.4. The molecule has 0 radical (unpaired) electrons. The average molecular weight is 247 g/mol. The molecule has 1 aromatic rings. The van der Waals surface area contributed by atoms with Crippen LogP contribution in [0.15, 0.2) is 24.3 Å². The highest BCUT2D eigenvalue weighted by Crippen LogP contribution is 2.40. The van der Waals surface area contributed by atoms with Crippen LogP contribution in [0, 0.1) is 0 Å². The highest BCUT2D eigenvalue weighted by molar-refractivity contribution is 5.65. The van der Waals surface area contributed by atoms with Gasteiger partial charge in [0.1, 0.15) is 11.9 Å². The van der Waals surface area contributed by atoms with Gasteiger partial charge in [-0.05, 0) is 36.5 Å². The fraction of sp³-hybridized carbons (Fsp3) is 0.500. The lowest BCUT2D eigenvalue weighted by Gasteiger charge is -2.35. The van der Waals surface area contributed by atoms with Crippen LogP contribution in [-0.2, 0) is 0 Å². The SMILES string of the molecule is O=C(O)N[C@H]1C[C@H](Oc2ccc(C3CC3)cc2)C1. The number of rotatable bonds is 4. The number of amides is 1. The zero-order valence-corrected chi connectivity index (χ0v) is 10.1. The Kier molecular flexibility index (Phi) is 2.86. The molecule has 18 heavy (non-hydrogen) atoms. The van der Waals surface area contributed by atoms with Crippen LogP contribution in [0.4, 0.5) is 4.79 Å². The fourth-order valence-corrected chi connectivity index (χ4v) is 2.38. The summed E-state index contributed by atoms with van der Waals surface area (Å²) in [6.45, 7) is 0. The Balaban J connectivity index is 1.47. The molecule has 0 aromatic heterocycles. The Hall–Kier alpha value is -1.71. The molecule has 4 heteroatoms. The maximum absolute atomic E-state index is 10.4. The van der Waals surface area contributed by atoms with Gasteiger partial charge >= 0.3 is 6.09 Å². The number of carboxylic acid groups (broad SMARTS) is 1.